The van der Waals surface area contributed by atoms with E-state index in [0.717, 1.165) is 22.4 Å². The molecule has 0 fully saturated rings. The van der Waals surface area contributed by atoms with Crippen LogP contribution < -0.4 is 5.32 Å². The van der Waals surface area contributed by atoms with E-state index in [1.165, 1.54) is 6.33 Å². The van der Waals surface area contributed by atoms with Crippen LogP contribution in [0.1, 0.15) is 5.89 Å². The SMILES string of the molecule is O=C(O)C(F)(F)F.c1ccc2oc(CCNc3ncnc4nc[nH]c34)nc2c1. The second-order valence-corrected chi connectivity index (χ2v) is 5.38. The molecule has 0 unspecified atom stereocenters. The summed E-state index contributed by atoms with van der Waals surface area (Å²) in [6.45, 7) is 0.665. The highest BCUT2D eigenvalue weighted by molar-refractivity contribution is 5.81. The van der Waals surface area contributed by atoms with Crippen molar-refractivity contribution in [2.45, 2.75) is 12.6 Å². The molecule has 146 valence electrons. The Hall–Kier alpha value is -3.70. The van der Waals surface area contributed by atoms with Crippen molar-refractivity contribution in [3.63, 3.8) is 0 Å². The number of imidazole rings is 1. The monoisotopic (exact) mass is 394 g/mol. The smallest absolute Gasteiger partial charge is 0.475 e. The molecular formula is C16H13F3N6O3. The fourth-order valence-electron chi connectivity index (χ4n) is 2.21. The first-order chi connectivity index (χ1) is 13.3. The summed E-state index contributed by atoms with van der Waals surface area (Å²) in [5.41, 5.74) is 3.14. The Balaban J connectivity index is 0.000000279. The van der Waals surface area contributed by atoms with E-state index in [1.807, 2.05) is 24.3 Å². The van der Waals surface area contributed by atoms with Gasteiger partial charge in [-0.05, 0) is 12.1 Å². The summed E-state index contributed by atoms with van der Waals surface area (Å²) in [6.07, 6.45) is -1.31. The van der Waals surface area contributed by atoms with Crippen molar-refractivity contribution in [2.24, 2.45) is 0 Å². The predicted molar refractivity (Wildman–Crippen MR) is 91.6 cm³/mol. The number of carboxylic acids is 1. The van der Waals surface area contributed by atoms with Crippen molar-refractivity contribution >= 4 is 34.1 Å². The molecule has 0 bridgehead atoms. The molecule has 9 nitrogen and oxygen atoms in total. The third-order valence-electron chi connectivity index (χ3n) is 3.43. The third-order valence-corrected chi connectivity index (χ3v) is 3.43. The number of hydrogen-bond acceptors (Lipinski definition) is 7. The van der Waals surface area contributed by atoms with Gasteiger partial charge in [0, 0.05) is 13.0 Å². The third kappa shape index (κ3) is 4.52. The number of hydrogen-bond donors (Lipinski definition) is 3. The summed E-state index contributed by atoms with van der Waals surface area (Å²) >= 11 is 0. The highest BCUT2D eigenvalue weighted by Crippen LogP contribution is 2.17. The molecule has 0 aliphatic heterocycles. The van der Waals surface area contributed by atoms with E-state index in [9.17, 15) is 13.2 Å². The van der Waals surface area contributed by atoms with E-state index in [-0.39, 0.29) is 0 Å². The lowest BCUT2D eigenvalue weighted by Crippen LogP contribution is -2.21. The molecule has 28 heavy (non-hydrogen) atoms. The molecule has 3 N–H and O–H groups in total. The van der Waals surface area contributed by atoms with Crippen LogP contribution in [0.2, 0.25) is 0 Å². The molecule has 0 atom stereocenters. The number of fused-ring (bicyclic) bond motifs is 2. The maximum atomic E-state index is 10.6. The summed E-state index contributed by atoms with van der Waals surface area (Å²) in [5.74, 6) is -1.32. The minimum atomic E-state index is -5.08. The number of oxazole rings is 1. The molecule has 3 aromatic heterocycles. The lowest BCUT2D eigenvalue weighted by atomic mass is 10.3. The van der Waals surface area contributed by atoms with E-state index < -0.39 is 12.1 Å². The lowest BCUT2D eigenvalue weighted by Gasteiger charge is -2.03. The fourth-order valence-corrected chi connectivity index (χ4v) is 2.21. The predicted octanol–water partition coefficient (Wildman–Crippen LogP) is 2.78. The Morgan fingerprint density at radius 2 is 1.96 bits per heavy atom. The molecule has 12 heteroatoms. The normalized spacial score (nSPS) is 11.2. The first kappa shape index (κ1) is 19.1. The van der Waals surface area contributed by atoms with Crippen LogP contribution in [0.5, 0.6) is 0 Å². The van der Waals surface area contributed by atoms with Crippen LogP contribution in [-0.2, 0) is 11.2 Å². The molecule has 4 rings (SSSR count). The molecule has 0 saturated carbocycles. The largest absolute Gasteiger partial charge is 0.490 e. The van der Waals surface area contributed by atoms with Gasteiger partial charge in [-0.15, -0.1) is 0 Å². The average Bonchev–Trinajstić information content (AvgIpc) is 3.28. The first-order valence-corrected chi connectivity index (χ1v) is 7.87. The van der Waals surface area contributed by atoms with E-state index >= 15 is 0 Å². The Morgan fingerprint density at radius 3 is 2.68 bits per heavy atom. The van der Waals surface area contributed by atoms with Crippen LogP contribution in [0.3, 0.4) is 0 Å². The number of anilines is 1. The lowest BCUT2D eigenvalue weighted by molar-refractivity contribution is -0.192. The van der Waals surface area contributed by atoms with Crippen molar-refractivity contribution in [1.29, 1.82) is 0 Å². The number of alkyl halides is 3. The van der Waals surface area contributed by atoms with E-state index in [4.69, 9.17) is 14.3 Å². The molecule has 0 saturated heterocycles. The quantitative estimate of drug-likeness (QED) is 0.482. The minimum Gasteiger partial charge on any atom is -0.475 e. The molecule has 4 aromatic rings. The van der Waals surface area contributed by atoms with Crippen molar-refractivity contribution in [1.82, 2.24) is 24.9 Å². The second-order valence-electron chi connectivity index (χ2n) is 5.38. The zero-order valence-electron chi connectivity index (χ0n) is 14.1. The molecule has 0 spiro atoms. The topological polar surface area (TPSA) is 130 Å². The number of benzene rings is 1. The number of aromatic nitrogens is 5. The van der Waals surface area contributed by atoms with Crippen molar-refractivity contribution in [3.8, 4) is 0 Å². The Labute approximate surface area is 154 Å². The van der Waals surface area contributed by atoms with Gasteiger partial charge in [0.05, 0.1) is 6.33 Å². The number of halogens is 3. The van der Waals surface area contributed by atoms with E-state index in [0.29, 0.717) is 24.5 Å². The van der Waals surface area contributed by atoms with Gasteiger partial charge >= 0.3 is 12.1 Å². The number of nitrogens with zero attached hydrogens (tertiary/aromatic N) is 4. The number of aromatic amines is 1. The van der Waals surface area contributed by atoms with Gasteiger partial charge in [0.25, 0.3) is 0 Å². The second kappa shape index (κ2) is 7.90. The van der Waals surface area contributed by atoms with E-state index in [1.54, 1.807) is 6.33 Å². The molecule has 0 aliphatic carbocycles. The zero-order valence-corrected chi connectivity index (χ0v) is 14.1. The van der Waals surface area contributed by atoms with Crippen molar-refractivity contribution in [2.75, 3.05) is 11.9 Å². The maximum Gasteiger partial charge on any atom is 0.490 e. The summed E-state index contributed by atoms with van der Waals surface area (Å²) in [6, 6.07) is 7.74. The van der Waals surface area contributed by atoms with Crippen LogP contribution in [0.15, 0.2) is 41.3 Å². The maximum absolute atomic E-state index is 10.6. The van der Waals surface area contributed by atoms with Gasteiger partial charge in [0.15, 0.2) is 22.9 Å². The number of carboxylic acid groups (broad SMARTS) is 1. The Morgan fingerprint density at radius 1 is 1.21 bits per heavy atom. The number of H-pyrrole nitrogens is 1. The van der Waals surface area contributed by atoms with Gasteiger partial charge in [-0.2, -0.15) is 13.2 Å². The molecule has 0 radical (unpaired) electrons. The standard InChI is InChI=1S/C14H12N6O.C2HF3O2/c1-2-4-10-9(3-1)20-11(21-10)5-6-15-13-12-14(17-7-16-12)19-8-18-13;3-2(4,5)1(6)7/h1-4,7-8H,5-6H2,(H2,15,16,17,18,19);(H,6,7). The molecule has 3 heterocycles. The van der Waals surface area contributed by atoms with Gasteiger partial charge < -0.3 is 19.8 Å². The fraction of sp³-hybridized carbons (Fsp3) is 0.188. The first-order valence-electron chi connectivity index (χ1n) is 7.87. The number of carbonyl (C=O) groups is 1. The Kier molecular flexibility index (Phi) is 5.38. The number of para-hydroxylation sites is 2. The van der Waals surface area contributed by atoms with Gasteiger partial charge in [-0.1, -0.05) is 12.1 Å². The summed E-state index contributed by atoms with van der Waals surface area (Å²) in [7, 11) is 0. The van der Waals surface area contributed by atoms with Crippen LogP contribution in [0.4, 0.5) is 19.0 Å². The van der Waals surface area contributed by atoms with Crippen LogP contribution in [0, 0.1) is 0 Å². The van der Waals surface area contributed by atoms with Gasteiger partial charge in [-0.25, -0.2) is 24.7 Å². The van der Waals surface area contributed by atoms with Crippen LogP contribution in [0.25, 0.3) is 22.3 Å². The number of nitrogens with one attached hydrogen (secondary N) is 2. The average molecular weight is 394 g/mol. The van der Waals surface area contributed by atoms with E-state index in [2.05, 4.69) is 30.2 Å². The van der Waals surface area contributed by atoms with Gasteiger partial charge in [0.1, 0.15) is 17.4 Å². The number of rotatable bonds is 4. The zero-order chi connectivity index (χ0) is 20.1. The van der Waals surface area contributed by atoms with Gasteiger partial charge in [0.2, 0.25) is 0 Å². The minimum absolute atomic E-state index is 0.648. The summed E-state index contributed by atoms with van der Waals surface area (Å²) in [5, 5.41) is 10.4. The summed E-state index contributed by atoms with van der Waals surface area (Å²) < 4.78 is 37.4. The molecule has 0 aliphatic rings. The highest BCUT2D eigenvalue weighted by Gasteiger charge is 2.38. The highest BCUT2D eigenvalue weighted by atomic mass is 19.4. The van der Waals surface area contributed by atoms with Gasteiger partial charge in [-0.3, -0.25) is 0 Å². The van der Waals surface area contributed by atoms with Crippen molar-refractivity contribution < 1.29 is 27.5 Å². The Bertz CT molecular complexity index is 1060. The molecular weight excluding hydrogens is 381 g/mol. The summed E-state index contributed by atoms with van der Waals surface area (Å²) in [4.78, 5) is 28.7. The van der Waals surface area contributed by atoms with Crippen LogP contribution >= 0.6 is 0 Å². The van der Waals surface area contributed by atoms with Crippen molar-refractivity contribution in [3.05, 3.63) is 42.8 Å². The molecule has 1 aromatic carbocycles. The number of aliphatic carboxylic acids is 1. The van der Waals surface area contributed by atoms with Crippen LogP contribution in [-0.4, -0.2) is 48.7 Å². The molecule has 0 amide bonds.